The molecule has 0 spiro atoms. The van der Waals surface area contributed by atoms with E-state index in [0.717, 1.165) is 24.5 Å². The molecule has 1 aromatic heterocycles. The molecule has 96 valence electrons. The van der Waals surface area contributed by atoms with Crippen LogP contribution >= 0.6 is 0 Å². The summed E-state index contributed by atoms with van der Waals surface area (Å²) in [6.07, 6.45) is -2.47. The first-order valence-electron chi connectivity index (χ1n) is 5.66. The SMILES string of the molecule is CCCC(C)c1ccc(C(F)(F)F)nc1NC. The van der Waals surface area contributed by atoms with Gasteiger partial charge in [-0.05, 0) is 24.0 Å². The van der Waals surface area contributed by atoms with Gasteiger partial charge in [-0.15, -0.1) is 0 Å². The molecule has 0 radical (unpaired) electrons. The Hall–Kier alpha value is -1.26. The van der Waals surface area contributed by atoms with Crippen molar-refractivity contribution in [2.24, 2.45) is 0 Å². The quantitative estimate of drug-likeness (QED) is 0.867. The molecule has 1 rings (SSSR count). The Balaban J connectivity index is 3.10. The molecule has 1 N–H and O–H groups in total. The number of hydrogen-bond acceptors (Lipinski definition) is 2. The van der Waals surface area contributed by atoms with Gasteiger partial charge in [-0.1, -0.05) is 26.3 Å². The first-order chi connectivity index (χ1) is 7.90. The second kappa shape index (κ2) is 5.38. The molecule has 1 heterocycles. The fourth-order valence-electron chi connectivity index (χ4n) is 1.81. The highest BCUT2D eigenvalue weighted by atomic mass is 19.4. The van der Waals surface area contributed by atoms with E-state index in [1.807, 2.05) is 13.8 Å². The molecule has 0 saturated carbocycles. The minimum atomic E-state index is -4.39. The van der Waals surface area contributed by atoms with E-state index in [1.165, 1.54) is 6.07 Å². The van der Waals surface area contributed by atoms with E-state index in [0.29, 0.717) is 5.82 Å². The van der Waals surface area contributed by atoms with Crippen LogP contribution in [-0.4, -0.2) is 12.0 Å². The van der Waals surface area contributed by atoms with Crippen molar-refractivity contribution >= 4 is 5.82 Å². The van der Waals surface area contributed by atoms with Crippen LogP contribution in [0.2, 0.25) is 0 Å². The van der Waals surface area contributed by atoms with E-state index in [-0.39, 0.29) is 5.92 Å². The summed E-state index contributed by atoms with van der Waals surface area (Å²) >= 11 is 0. The van der Waals surface area contributed by atoms with Crippen LogP contribution in [0, 0.1) is 0 Å². The number of rotatable bonds is 4. The number of hydrogen-bond donors (Lipinski definition) is 1. The predicted octanol–water partition coefficient (Wildman–Crippen LogP) is 4.05. The van der Waals surface area contributed by atoms with Gasteiger partial charge in [0.15, 0.2) is 0 Å². The Kier molecular flexibility index (Phi) is 4.37. The Morgan fingerprint density at radius 1 is 1.35 bits per heavy atom. The molecule has 0 saturated heterocycles. The normalized spacial score (nSPS) is 13.5. The van der Waals surface area contributed by atoms with Gasteiger partial charge in [0, 0.05) is 7.05 Å². The molecule has 0 aliphatic rings. The Bertz CT molecular complexity index is 375. The number of alkyl halides is 3. The third-order valence-electron chi connectivity index (χ3n) is 2.71. The Labute approximate surface area is 99.3 Å². The van der Waals surface area contributed by atoms with E-state index in [1.54, 1.807) is 7.05 Å². The van der Waals surface area contributed by atoms with Gasteiger partial charge in [-0.3, -0.25) is 0 Å². The second-order valence-electron chi connectivity index (χ2n) is 4.07. The summed E-state index contributed by atoms with van der Waals surface area (Å²) in [5.74, 6) is 0.526. The molecule has 1 aromatic rings. The molecule has 0 fully saturated rings. The zero-order valence-corrected chi connectivity index (χ0v) is 10.2. The smallest absolute Gasteiger partial charge is 0.373 e. The van der Waals surface area contributed by atoms with Gasteiger partial charge < -0.3 is 5.32 Å². The maximum atomic E-state index is 12.5. The van der Waals surface area contributed by atoms with Gasteiger partial charge in [0.1, 0.15) is 11.5 Å². The van der Waals surface area contributed by atoms with Crippen molar-refractivity contribution in [3.8, 4) is 0 Å². The van der Waals surface area contributed by atoms with Gasteiger partial charge >= 0.3 is 6.18 Å². The number of aromatic nitrogens is 1. The van der Waals surface area contributed by atoms with Crippen molar-refractivity contribution in [1.29, 1.82) is 0 Å². The zero-order valence-electron chi connectivity index (χ0n) is 10.2. The molecule has 0 aliphatic carbocycles. The van der Waals surface area contributed by atoms with E-state index in [4.69, 9.17) is 0 Å². The van der Waals surface area contributed by atoms with Gasteiger partial charge in [0.25, 0.3) is 0 Å². The van der Waals surface area contributed by atoms with Crippen LogP contribution in [0.4, 0.5) is 19.0 Å². The number of anilines is 1. The minimum Gasteiger partial charge on any atom is -0.373 e. The van der Waals surface area contributed by atoms with Crippen molar-refractivity contribution in [3.63, 3.8) is 0 Å². The van der Waals surface area contributed by atoms with Gasteiger partial charge in [-0.2, -0.15) is 13.2 Å². The number of nitrogens with one attached hydrogen (secondary N) is 1. The van der Waals surface area contributed by atoms with Crippen LogP contribution < -0.4 is 5.32 Å². The van der Waals surface area contributed by atoms with Crippen molar-refractivity contribution in [3.05, 3.63) is 23.4 Å². The highest BCUT2D eigenvalue weighted by Gasteiger charge is 2.33. The van der Waals surface area contributed by atoms with Gasteiger partial charge in [0.05, 0.1) is 0 Å². The van der Waals surface area contributed by atoms with E-state index >= 15 is 0 Å². The summed E-state index contributed by atoms with van der Waals surface area (Å²) in [5.41, 5.74) is -0.0170. The second-order valence-corrected chi connectivity index (χ2v) is 4.07. The summed E-state index contributed by atoms with van der Waals surface area (Å²) in [5, 5.41) is 2.74. The van der Waals surface area contributed by atoms with Crippen LogP contribution in [0.5, 0.6) is 0 Å². The Morgan fingerprint density at radius 3 is 2.47 bits per heavy atom. The lowest BCUT2D eigenvalue weighted by molar-refractivity contribution is -0.141. The van der Waals surface area contributed by atoms with Gasteiger partial charge in [0.2, 0.25) is 0 Å². The van der Waals surface area contributed by atoms with E-state index in [9.17, 15) is 13.2 Å². The average Bonchev–Trinajstić information content (AvgIpc) is 2.27. The Morgan fingerprint density at radius 2 is 2.00 bits per heavy atom. The molecule has 0 amide bonds. The lowest BCUT2D eigenvalue weighted by Gasteiger charge is -2.16. The number of pyridine rings is 1. The van der Waals surface area contributed by atoms with Crippen LogP contribution in [-0.2, 0) is 6.18 Å². The fourth-order valence-corrected chi connectivity index (χ4v) is 1.81. The summed E-state index contributed by atoms with van der Waals surface area (Å²) < 4.78 is 37.5. The van der Waals surface area contributed by atoms with Crippen LogP contribution in [0.3, 0.4) is 0 Å². The zero-order chi connectivity index (χ0) is 13.1. The van der Waals surface area contributed by atoms with E-state index in [2.05, 4.69) is 10.3 Å². The highest BCUT2D eigenvalue weighted by molar-refractivity contribution is 5.46. The topological polar surface area (TPSA) is 24.9 Å². The molecule has 1 unspecified atom stereocenters. The molecule has 1 atom stereocenters. The number of nitrogens with zero attached hydrogens (tertiary/aromatic N) is 1. The van der Waals surface area contributed by atoms with Crippen molar-refractivity contribution in [1.82, 2.24) is 4.98 Å². The summed E-state index contributed by atoms with van der Waals surface area (Å²) in [4.78, 5) is 3.63. The van der Waals surface area contributed by atoms with Crippen LogP contribution in [0.1, 0.15) is 43.9 Å². The van der Waals surface area contributed by atoms with Crippen LogP contribution in [0.25, 0.3) is 0 Å². The first-order valence-corrected chi connectivity index (χ1v) is 5.66. The molecular formula is C12H17F3N2. The minimum absolute atomic E-state index is 0.206. The van der Waals surface area contributed by atoms with Crippen molar-refractivity contribution in [2.75, 3.05) is 12.4 Å². The third-order valence-corrected chi connectivity index (χ3v) is 2.71. The first kappa shape index (κ1) is 13.8. The van der Waals surface area contributed by atoms with E-state index < -0.39 is 11.9 Å². The molecule has 5 heteroatoms. The standard InChI is InChI=1S/C12H17F3N2/c1-4-5-8(2)9-6-7-10(12(13,14)15)17-11(9)16-3/h6-8H,4-5H2,1-3H3,(H,16,17). The van der Waals surface area contributed by atoms with Crippen molar-refractivity contribution < 1.29 is 13.2 Å². The predicted molar refractivity (Wildman–Crippen MR) is 62.1 cm³/mol. The molecule has 0 aliphatic heterocycles. The van der Waals surface area contributed by atoms with Gasteiger partial charge in [-0.25, -0.2) is 4.98 Å². The largest absolute Gasteiger partial charge is 0.433 e. The molecule has 17 heavy (non-hydrogen) atoms. The molecular weight excluding hydrogens is 229 g/mol. The highest BCUT2D eigenvalue weighted by Crippen LogP contribution is 2.32. The summed E-state index contributed by atoms with van der Waals surface area (Å²) in [7, 11) is 1.59. The number of halogens is 3. The fraction of sp³-hybridized carbons (Fsp3) is 0.583. The summed E-state index contributed by atoms with van der Waals surface area (Å²) in [6.45, 7) is 4.04. The molecule has 0 aromatic carbocycles. The average molecular weight is 246 g/mol. The third kappa shape index (κ3) is 3.35. The molecule has 0 bridgehead atoms. The van der Waals surface area contributed by atoms with Crippen LogP contribution in [0.15, 0.2) is 12.1 Å². The summed E-state index contributed by atoms with van der Waals surface area (Å²) in [6, 6.07) is 2.56. The maximum absolute atomic E-state index is 12.5. The lowest BCUT2D eigenvalue weighted by atomic mass is 9.96. The van der Waals surface area contributed by atoms with Crippen molar-refractivity contribution in [2.45, 2.75) is 38.8 Å². The molecule has 2 nitrogen and oxygen atoms in total. The lowest BCUT2D eigenvalue weighted by Crippen LogP contribution is -2.11. The monoisotopic (exact) mass is 246 g/mol. The maximum Gasteiger partial charge on any atom is 0.433 e.